The molecule has 0 bridgehead atoms. The second-order valence-corrected chi connectivity index (χ2v) is 7.89. The second kappa shape index (κ2) is 8.03. The van der Waals surface area contributed by atoms with E-state index >= 15 is 0 Å². The maximum Gasteiger partial charge on any atom is 0.239 e. The van der Waals surface area contributed by atoms with Crippen molar-refractivity contribution in [2.24, 2.45) is 0 Å². The Bertz CT molecular complexity index is 778. The summed E-state index contributed by atoms with van der Waals surface area (Å²) in [7, 11) is 1.89. The van der Waals surface area contributed by atoms with E-state index < -0.39 is 0 Å². The molecule has 1 aromatic heterocycles. The summed E-state index contributed by atoms with van der Waals surface area (Å²) >= 11 is 1.62. The number of likely N-dealkylation sites (N-methyl/N-ethyl adjacent to an activating group) is 1. The number of carbonyl (C=O) groups is 2. The van der Waals surface area contributed by atoms with Gasteiger partial charge in [0.2, 0.25) is 11.8 Å². The first-order valence-corrected chi connectivity index (χ1v) is 9.89. The molecule has 1 aliphatic heterocycles. The molecule has 1 saturated heterocycles. The largest absolute Gasteiger partial charge is 0.354 e. The number of likely N-dealkylation sites (tertiary alicyclic amines) is 1. The van der Waals surface area contributed by atoms with Crippen LogP contribution in [0.3, 0.4) is 0 Å². The first-order chi connectivity index (χ1) is 12.5. The lowest BCUT2D eigenvalue weighted by Gasteiger charge is -2.17. The highest BCUT2D eigenvalue weighted by molar-refractivity contribution is 7.22. The number of rotatable bonds is 7. The predicted molar refractivity (Wildman–Crippen MR) is 106 cm³/mol. The smallest absolute Gasteiger partial charge is 0.239 e. The highest BCUT2D eigenvalue weighted by atomic mass is 32.1. The third-order valence-electron chi connectivity index (χ3n) is 4.74. The van der Waals surface area contributed by atoms with Crippen LogP contribution in [-0.2, 0) is 9.59 Å². The van der Waals surface area contributed by atoms with Crippen LogP contribution < -0.4 is 10.2 Å². The zero-order valence-corrected chi connectivity index (χ0v) is 16.5. The van der Waals surface area contributed by atoms with E-state index in [0.29, 0.717) is 13.0 Å². The number of amides is 2. The molecular weight excluding hydrogens is 348 g/mol. The molecule has 1 N–H and O–H groups in total. The molecular formula is C19H26N4O2S. The number of hydrogen-bond donors (Lipinski definition) is 1. The van der Waals surface area contributed by atoms with Crippen molar-refractivity contribution in [3.05, 3.63) is 23.3 Å². The molecule has 0 radical (unpaired) electrons. The van der Waals surface area contributed by atoms with E-state index in [1.54, 1.807) is 11.3 Å². The molecule has 140 valence electrons. The second-order valence-electron chi connectivity index (χ2n) is 6.92. The van der Waals surface area contributed by atoms with E-state index in [-0.39, 0.29) is 18.4 Å². The quantitative estimate of drug-likeness (QED) is 0.756. The average Bonchev–Trinajstić information content (AvgIpc) is 3.22. The number of nitrogens with zero attached hydrogens (tertiary/aromatic N) is 3. The number of fused-ring (bicyclic) bond motifs is 1. The van der Waals surface area contributed by atoms with Gasteiger partial charge in [-0.05, 0) is 37.8 Å². The number of anilines is 1. The number of carbonyl (C=O) groups excluding carboxylic acids is 2. The van der Waals surface area contributed by atoms with E-state index in [4.69, 9.17) is 4.98 Å². The summed E-state index contributed by atoms with van der Waals surface area (Å²) in [5.41, 5.74) is 3.39. The SMILES string of the molecule is Cc1ccc(C)c2sc(N(C)CC(=O)NCCCN3CCCC3=O)nc12. The molecule has 1 aliphatic rings. The van der Waals surface area contributed by atoms with Crippen LogP contribution in [0.5, 0.6) is 0 Å². The molecule has 1 aromatic carbocycles. The summed E-state index contributed by atoms with van der Waals surface area (Å²) in [4.78, 5) is 32.2. The fraction of sp³-hybridized carbons (Fsp3) is 0.526. The predicted octanol–water partition coefficient (Wildman–Crippen LogP) is 2.48. The molecule has 0 unspecified atom stereocenters. The Balaban J connectivity index is 1.49. The molecule has 26 heavy (non-hydrogen) atoms. The van der Waals surface area contributed by atoms with E-state index in [2.05, 4.69) is 31.3 Å². The molecule has 6 nitrogen and oxygen atoms in total. The van der Waals surface area contributed by atoms with Gasteiger partial charge in [0.05, 0.1) is 16.8 Å². The Morgan fingerprint density at radius 2 is 2.12 bits per heavy atom. The van der Waals surface area contributed by atoms with E-state index in [9.17, 15) is 9.59 Å². The van der Waals surface area contributed by atoms with Crippen molar-refractivity contribution >= 4 is 38.5 Å². The third kappa shape index (κ3) is 4.15. The number of thiazole rings is 1. The molecule has 0 aliphatic carbocycles. The minimum atomic E-state index is -0.0204. The highest BCUT2D eigenvalue weighted by Gasteiger charge is 2.19. The zero-order valence-electron chi connectivity index (χ0n) is 15.7. The van der Waals surface area contributed by atoms with E-state index in [1.807, 2.05) is 16.8 Å². The van der Waals surface area contributed by atoms with Crippen LogP contribution in [0.25, 0.3) is 10.2 Å². The summed E-state index contributed by atoms with van der Waals surface area (Å²) in [6.45, 7) is 6.59. The lowest BCUT2D eigenvalue weighted by Crippen LogP contribution is -2.36. The van der Waals surface area contributed by atoms with Crippen molar-refractivity contribution in [3.63, 3.8) is 0 Å². The Morgan fingerprint density at radius 1 is 1.35 bits per heavy atom. The zero-order chi connectivity index (χ0) is 18.7. The maximum absolute atomic E-state index is 12.2. The molecule has 0 atom stereocenters. The van der Waals surface area contributed by atoms with Crippen molar-refractivity contribution in [2.75, 3.05) is 38.1 Å². The van der Waals surface area contributed by atoms with E-state index in [1.165, 1.54) is 10.3 Å². The van der Waals surface area contributed by atoms with Gasteiger partial charge in [-0.2, -0.15) is 0 Å². The first-order valence-electron chi connectivity index (χ1n) is 9.08. The van der Waals surface area contributed by atoms with Gasteiger partial charge in [-0.3, -0.25) is 9.59 Å². The van der Waals surface area contributed by atoms with Gasteiger partial charge in [0.15, 0.2) is 5.13 Å². The monoisotopic (exact) mass is 374 g/mol. The number of aryl methyl sites for hydroxylation is 2. The Labute approximate surface area is 158 Å². The summed E-state index contributed by atoms with van der Waals surface area (Å²) in [5, 5.41) is 3.79. The van der Waals surface area contributed by atoms with Crippen molar-refractivity contribution in [1.82, 2.24) is 15.2 Å². The van der Waals surface area contributed by atoms with Gasteiger partial charge in [0.25, 0.3) is 0 Å². The van der Waals surface area contributed by atoms with Crippen LogP contribution in [0.4, 0.5) is 5.13 Å². The normalized spacial score (nSPS) is 14.3. The lowest BCUT2D eigenvalue weighted by atomic mass is 10.1. The van der Waals surface area contributed by atoms with Crippen molar-refractivity contribution in [3.8, 4) is 0 Å². The van der Waals surface area contributed by atoms with E-state index in [0.717, 1.165) is 42.1 Å². The van der Waals surface area contributed by atoms with Gasteiger partial charge in [-0.25, -0.2) is 4.98 Å². The fourth-order valence-corrected chi connectivity index (χ4v) is 4.26. The van der Waals surface area contributed by atoms with Gasteiger partial charge < -0.3 is 15.1 Å². The molecule has 7 heteroatoms. The Morgan fingerprint density at radius 3 is 2.81 bits per heavy atom. The van der Waals surface area contributed by atoms with Gasteiger partial charge in [0.1, 0.15) is 0 Å². The molecule has 2 heterocycles. The van der Waals surface area contributed by atoms with Gasteiger partial charge in [0, 0.05) is 33.1 Å². The van der Waals surface area contributed by atoms with Crippen LogP contribution in [0.1, 0.15) is 30.4 Å². The summed E-state index contributed by atoms with van der Waals surface area (Å²) in [5.74, 6) is 0.213. The molecule has 3 rings (SSSR count). The average molecular weight is 375 g/mol. The van der Waals surface area contributed by atoms with Crippen molar-refractivity contribution in [2.45, 2.75) is 33.1 Å². The maximum atomic E-state index is 12.2. The van der Waals surface area contributed by atoms with Crippen LogP contribution in [-0.4, -0.2) is 54.9 Å². The minimum absolute atomic E-state index is 0.0204. The molecule has 2 aromatic rings. The first kappa shape index (κ1) is 18.6. The lowest BCUT2D eigenvalue weighted by molar-refractivity contribution is -0.127. The fourth-order valence-electron chi connectivity index (χ4n) is 3.19. The number of nitrogens with one attached hydrogen (secondary N) is 1. The molecule has 0 saturated carbocycles. The molecule has 0 spiro atoms. The van der Waals surface area contributed by atoms with Gasteiger partial charge in [-0.1, -0.05) is 23.5 Å². The topological polar surface area (TPSA) is 65.5 Å². The standard InChI is InChI=1S/C19H26N4O2S/c1-13-7-8-14(2)18-17(13)21-19(26-18)22(3)12-15(24)20-9-5-11-23-10-4-6-16(23)25/h7-8H,4-6,9-12H2,1-3H3,(H,20,24). The highest BCUT2D eigenvalue weighted by Crippen LogP contribution is 2.32. The van der Waals surface area contributed by atoms with Crippen LogP contribution in [0.15, 0.2) is 12.1 Å². The summed E-state index contributed by atoms with van der Waals surface area (Å²) in [6, 6.07) is 4.19. The summed E-state index contributed by atoms with van der Waals surface area (Å²) in [6.07, 6.45) is 2.41. The van der Waals surface area contributed by atoms with Crippen LogP contribution in [0, 0.1) is 13.8 Å². The van der Waals surface area contributed by atoms with Gasteiger partial charge >= 0.3 is 0 Å². The van der Waals surface area contributed by atoms with Crippen molar-refractivity contribution in [1.29, 1.82) is 0 Å². The number of benzene rings is 1. The molecule has 2 amide bonds. The molecule has 1 fully saturated rings. The number of hydrogen-bond acceptors (Lipinski definition) is 5. The Hall–Kier alpha value is -2.15. The number of aromatic nitrogens is 1. The minimum Gasteiger partial charge on any atom is -0.354 e. The van der Waals surface area contributed by atoms with Gasteiger partial charge in [-0.15, -0.1) is 0 Å². The van der Waals surface area contributed by atoms with Crippen LogP contribution >= 0.6 is 11.3 Å². The van der Waals surface area contributed by atoms with Crippen LogP contribution in [0.2, 0.25) is 0 Å². The third-order valence-corrected chi connectivity index (χ3v) is 6.04. The van der Waals surface area contributed by atoms with Crippen molar-refractivity contribution < 1.29 is 9.59 Å². The summed E-state index contributed by atoms with van der Waals surface area (Å²) < 4.78 is 1.18. The Kier molecular flexibility index (Phi) is 5.76.